The van der Waals surface area contributed by atoms with Crippen LogP contribution in [0.25, 0.3) is 0 Å². The Morgan fingerprint density at radius 2 is 1.68 bits per heavy atom. The molecule has 0 aromatic rings. The van der Waals surface area contributed by atoms with Gasteiger partial charge in [0, 0.05) is 0 Å². The van der Waals surface area contributed by atoms with Gasteiger partial charge >= 0.3 is 18.0 Å². The van der Waals surface area contributed by atoms with Crippen molar-refractivity contribution in [1.29, 1.82) is 0 Å². The van der Waals surface area contributed by atoms with E-state index in [0.717, 1.165) is 12.8 Å². The highest BCUT2D eigenvalue weighted by Crippen LogP contribution is 2.36. The van der Waals surface area contributed by atoms with Gasteiger partial charge in [0.15, 0.2) is 0 Å². The molecule has 1 unspecified atom stereocenters. The number of nitrogens with one attached hydrogen (secondary N) is 1. The minimum atomic E-state index is -5.90. The maximum absolute atomic E-state index is 12.8. The average Bonchev–Trinajstić information content (AvgIpc) is 2.98. The van der Waals surface area contributed by atoms with Crippen LogP contribution in [0.4, 0.5) is 22.0 Å². The Morgan fingerprint density at radius 3 is 2.05 bits per heavy atom. The van der Waals surface area contributed by atoms with Gasteiger partial charge in [-0.2, -0.15) is 22.0 Å². The number of carbonyl (C=O) groups excluding carboxylic acids is 1. The second-order valence-electron chi connectivity index (χ2n) is 5.19. The Bertz CT molecular complexity index is 349. The van der Waals surface area contributed by atoms with Gasteiger partial charge in [0.25, 0.3) is 0 Å². The number of hydrogen-bond donors (Lipinski definition) is 1. The minimum Gasteiger partial charge on any atom is -0.370 e. The van der Waals surface area contributed by atoms with Crippen LogP contribution in [0, 0.1) is 0 Å². The molecule has 0 saturated heterocycles. The van der Waals surface area contributed by atoms with E-state index in [2.05, 4.69) is 0 Å². The lowest BCUT2D eigenvalue weighted by molar-refractivity contribution is -0.270. The van der Waals surface area contributed by atoms with E-state index in [1.165, 1.54) is 20.8 Å². The van der Waals surface area contributed by atoms with E-state index in [1.807, 2.05) is 0 Å². The third-order valence-electron chi connectivity index (χ3n) is 3.03. The van der Waals surface area contributed by atoms with Gasteiger partial charge in [0.2, 0.25) is 0 Å². The van der Waals surface area contributed by atoms with Gasteiger partial charge < -0.3 is 10.1 Å². The summed E-state index contributed by atoms with van der Waals surface area (Å²) in [6.45, 7) is 4.39. The molecule has 1 saturated carbocycles. The van der Waals surface area contributed by atoms with Crippen molar-refractivity contribution in [2.24, 2.45) is 0 Å². The van der Waals surface area contributed by atoms with E-state index in [-0.39, 0.29) is 6.10 Å². The van der Waals surface area contributed by atoms with Gasteiger partial charge in [0.05, 0.1) is 17.7 Å². The average molecular weight is 289 g/mol. The number of ether oxygens (including phenoxy) is 1. The summed E-state index contributed by atoms with van der Waals surface area (Å²) in [5.41, 5.74) is -1.02. The van der Waals surface area contributed by atoms with Gasteiger partial charge in [-0.1, -0.05) is 0 Å². The Kier molecular flexibility index (Phi) is 4.15. The largest absolute Gasteiger partial charge is 0.463 e. The van der Waals surface area contributed by atoms with Crippen molar-refractivity contribution in [2.75, 3.05) is 0 Å². The zero-order valence-corrected chi connectivity index (χ0v) is 10.8. The Labute approximate surface area is 107 Å². The summed E-state index contributed by atoms with van der Waals surface area (Å²) in [6.07, 6.45) is -4.28. The molecule has 0 aromatic heterocycles. The van der Waals surface area contributed by atoms with Crippen LogP contribution >= 0.6 is 0 Å². The maximum Gasteiger partial charge on any atom is 0.463 e. The fourth-order valence-electron chi connectivity index (χ4n) is 1.31. The second-order valence-corrected chi connectivity index (χ2v) is 5.19. The normalized spacial score (nSPS) is 19.2. The molecule has 0 aliphatic heterocycles. The van der Waals surface area contributed by atoms with Gasteiger partial charge in [-0.25, -0.2) is 0 Å². The van der Waals surface area contributed by atoms with Crippen LogP contribution in [0.3, 0.4) is 0 Å². The summed E-state index contributed by atoms with van der Waals surface area (Å²) in [7, 11) is 0. The Morgan fingerprint density at radius 1 is 1.21 bits per heavy atom. The monoisotopic (exact) mass is 289 g/mol. The molecule has 1 atom stereocenters. The number of rotatable bonds is 5. The molecular weight excluding hydrogens is 273 g/mol. The number of alkyl halides is 5. The standard InChI is InChI=1S/C11H16F5NO2/c1-6(9(2,3)19-7-4-5-7)17-8(18)10(12,13)11(14,15)16/h6-7H,4-5H2,1-3H3,(H,17,18). The van der Waals surface area contributed by atoms with Crippen molar-refractivity contribution in [2.45, 2.75) is 63.5 Å². The first-order chi connectivity index (χ1) is 8.38. The molecule has 3 nitrogen and oxygen atoms in total. The summed E-state index contributed by atoms with van der Waals surface area (Å²) in [6, 6.07) is -0.978. The lowest BCUT2D eigenvalue weighted by Gasteiger charge is -2.33. The van der Waals surface area contributed by atoms with E-state index in [9.17, 15) is 26.7 Å². The smallest absolute Gasteiger partial charge is 0.370 e. The van der Waals surface area contributed by atoms with E-state index in [4.69, 9.17) is 4.74 Å². The quantitative estimate of drug-likeness (QED) is 0.790. The van der Waals surface area contributed by atoms with Gasteiger partial charge in [-0.3, -0.25) is 4.79 Å². The maximum atomic E-state index is 12.8. The molecule has 1 aliphatic rings. The van der Waals surface area contributed by atoms with Crippen molar-refractivity contribution in [3.05, 3.63) is 0 Å². The molecule has 0 heterocycles. The Balaban J connectivity index is 2.65. The third kappa shape index (κ3) is 3.77. The molecule has 0 spiro atoms. The zero-order chi connectivity index (χ0) is 15.1. The predicted molar refractivity (Wildman–Crippen MR) is 56.8 cm³/mol. The molecule has 0 bridgehead atoms. The summed E-state index contributed by atoms with van der Waals surface area (Å²) in [5.74, 6) is -7.77. The highest BCUT2D eigenvalue weighted by atomic mass is 19.4. The second kappa shape index (κ2) is 4.88. The number of hydrogen-bond acceptors (Lipinski definition) is 2. The molecule has 1 amide bonds. The first kappa shape index (κ1) is 16.1. The molecule has 112 valence electrons. The summed E-state index contributed by atoms with van der Waals surface area (Å²) in [4.78, 5) is 11.0. The van der Waals surface area contributed by atoms with E-state index >= 15 is 0 Å². The van der Waals surface area contributed by atoms with E-state index < -0.39 is 29.6 Å². The molecular formula is C11H16F5NO2. The van der Waals surface area contributed by atoms with E-state index in [1.54, 1.807) is 5.32 Å². The summed E-state index contributed by atoms with van der Waals surface area (Å²) >= 11 is 0. The highest BCUT2D eigenvalue weighted by molar-refractivity contribution is 5.84. The molecule has 1 N–H and O–H groups in total. The van der Waals surface area contributed by atoms with Crippen molar-refractivity contribution in [3.8, 4) is 0 Å². The summed E-state index contributed by atoms with van der Waals surface area (Å²) in [5, 5.41) is 1.67. The van der Waals surface area contributed by atoms with Crippen LogP contribution in [0.15, 0.2) is 0 Å². The lowest BCUT2D eigenvalue weighted by Crippen LogP contribution is -2.57. The highest BCUT2D eigenvalue weighted by Gasteiger charge is 2.63. The van der Waals surface area contributed by atoms with Crippen LogP contribution in [-0.2, 0) is 9.53 Å². The van der Waals surface area contributed by atoms with Crippen LogP contribution in [0.2, 0.25) is 0 Å². The lowest BCUT2D eigenvalue weighted by atomic mass is 10.00. The fourth-order valence-corrected chi connectivity index (χ4v) is 1.31. The minimum absolute atomic E-state index is 0.0162. The van der Waals surface area contributed by atoms with Crippen molar-refractivity contribution in [3.63, 3.8) is 0 Å². The number of amides is 1. The van der Waals surface area contributed by atoms with Gasteiger partial charge in [-0.05, 0) is 33.6 Å². The SMILES string of the molecule is CC(NC(=O)C(F)(F)C(F)(F)F)C(C)(C)OC1CC1. The van der Waals surface area contributed by atoms with Crippen molar-refractivity contribution >= 4 is 5.91 Å². The van der Waals surface area contributed by atoms with Gasteiger partial charge in [0.1, 0.15) is 0 Å². The van der Waals surface area contributed by atoms with E-state index in [0.29, 0.717) is 0 Å². The molecule has 8 heteroatoms. The van der Waals surface area contributed by atoms with Crippen molar-refractivity contribution < 1.29 is 31.5 Å². The third-order valence-corrected chi connectivity index (χ3v) is 3.03. The predicted octanol–water partition coefficient (Wildman–Crippen LogP) is 2.65. The van der Waals surface area contributed by atoms with Crippen LogP contribution < -0.4 is 5.32 Å². The van der Waals surface area contributed by atoms with Crippen LogP contribution in [0.1, 0.15) is 33.6 Å². The number of carbonyl (C=O) groups is 1. The number of halogens is 5. The Hall–Kier alpha value is -0.920. The molecule has 1 aliphatic carbocycles. The van der Waals surface area contributed by atoms with Gasteiger partial charge in [-0.15, -0.1) is 0 Å². The topological polar surface area (TPSA) is 38.3 Å². The molecule has 1 fully saturated rings. The van der Waals surface area contributed by atoms with Crippen LogP contribution in [0.5, 0.6) is 0 Å². The first-order valence-corrected chi connectivity index (χ1v) is 5.81. The molecule has 0 radical (unpaired) electrons. The molecule has 19 heavy (non-hydrogen) atoms. The molecule has 0 aromatic carbocycles. The zero-order valence-electron chi connectivity index (χ0n) is 10.8. The first-order valence-electron chi connectivity index (χ1n) is 5.81. The summed E-state index contributed by atoms with van der Waals surface area (Å²) < 4.78 is 67.0. The van der Waals surface area contributed by atoms with Crippen LogP contribution in [-0.4, -0.2) is 35.8 Å². The molecule has 1 rings (SSSR count). The van der Waals surface area contributed by atoms with Crippen molar-refractivity contribution in [1.82, 2.24) is 5.32 Å². The fraction of sp³-hybridized carbons (Fsp3) is 0.909.